The standard InChI is InChI=1S/C15H14BrNO3/c1-19-15-5-2-9(8-17-15)13-7-12(18)11-4-3-10(16)6-14(11)20-13/h2-6,8,12-13,18H,7H2,1H3/t12-,13?/m0/s1. The largest absolute Gasteiger partial charge is 0.485 e. The van der Waals surface area contributed by atoms with E-state index >= 15 is 0 Å². The van der Waals surface area contributed by atoms with E-state index in [0.29, 0.717) is 18.1 Å². The SMILES string of the molecule is COc1ccc(C2C[C@H](O)c3ccc(Br)cc3O2)cn1. The number of methoxy groups -OCH3 is 1. The summed E-state index contributed by atoms with van der Waals surface area (Å²) in [5, 5.41) is 10.2. The Bertz CT molecular complexity index is 615. The summed E-state index contributed by atoms with van der Waals surface area (Å²) < 4.78 is 11.9. The topological polar surface area (TPSA) is 51.6 Å². The molecule has 1 aliphatic rings. The summed E-state index contributed by atoms with van der Waals surface area (Å²) in [5.41, 5.74) is 1.75. The second kappa shape index (κ2) is 5.42. The summed E-state index contributed by atoms with van der Waals surface area (Å²) in [6.45, 7) is 0. The lowest BCUT2D eigenvalue weighted by atomic mass is 9.96. The zero-order chi connectivity index (χ0) is 14.1. The van der Waals surface area contributed by atoms with Crippen molar-refractivity contribution in [2.75, 3.05) is 7.11 Å². The van der Waals surface area contributed by atoms with Crippen LogP contribution in [-0.2, 0) is 0 Å². The molecule has 0 spiro atoms. The van der Waals surface area contributed by atoms with Crippen molar-refractivity contribution in [3.63, 3.8) is 0 Å². The van der Waals surface area contributed by atoms with Gasteiger partial charge in [-0.25, -0.2) is 4.98 Å². The molecular formula is C15H14BrNO3. The van der Waals surface area contributed by atoms with E-state index in [1.54, 1.807) is 19.4 Å². The van der Waals surface area contributed by atoms with Crippen LogP contribution in [0.3, 0.4) is 0 Å². The van der Waals surface area contributed by atoms with Crippen LogP contribution in [0.4, 0.5) is 0 Å². The molecule has 1 aromatic heterocycles. The molecule has 1 aliphatic heterocycles. The Kier molecular flexibility index (Phi) is 3.63. The number of benzene rings is 1. The highest BCUT2D eigenvalue weighted by Gasteiger charge is 2.28. The van der Waals surface area contributed by atoms with Gasteiger partial charge in [0, 0.05) is 34.3 Å². The molecule has 0 fully saturated rings. The minimum absolute atomic E-state index is 0.204. The molecule has 4 nitrogen and oxygen atoms in total. The molecule has 0 radical (unpaired) electrons. The van der Waals surface area contributed by atoms with Crippen LogP contribution in [0.2, 0.25) is 0 Å². The maximum atomic E-state index is 10.2. The van der Waals surface area contributed by atoms with Gasteiger partial charge in [-0.15, -0.1) is 0 Å². The van der Waals surface area contributed by atoms with Gasteiger partial charge in [0.05, 0.1) is 13.2 Å². The van der Waals surface area contributed by atoms with Gasteiger partial charge in [-0.1, -0.05) is 22.0 Å². The summed E-state index contributed by atoms with van der Waals surface area (Å²) in [6, 6.07) is 9.36. The lowest BCUT2D eigenvalue weighted by Gasteiger charge is -2.29. The minimum Gasteiger partial charge on any atom is -0.485 e. The average Bonchev–Trinajstić information content (AvgIpc) is 2.46. The number of aromatic nitrogens is 1. The normalized spacial score (nSPS) is 20.9. The summed E-state index contributed by atoms with van der Waals surface area (Å²) in [4.78, 5) is 4.18. The molecule has 0 saturated heterocycles. The fraction of sp³-hybridized carbons (Fsp3) is 0.267. The summed E-state index contributed by atoms with van der Waals surface area (Å²) >= 11 is 3.41. The van der Waals surface area contributed by atoms with Gasteiger partial charge in [0.15, 0.2) is 0 Å². The number of nitrogens with zero attached hydrogens (tertiary/aromatic N) is 1. The van der Waals surface area contributed by atoms with Crippen LogP contribution < -0.4 is 9.47 Å². The van der Waals surface area contributed by atoms with E-state index in [4.69, 9.17) is 9.47 Å². The molecule has 104 valence electrons. The first-order valence-corrected chi connectivity index (χ1v) is 7.11. The first-order valence-electron chi connectivity index (χ1n) is 6.31. The van der Waals surface area contributed by atoms with E-state index in [1.807, 2.05) is 24.3 Å². The van der Waals surface area contributed by atoms with Crippen LogP contribution in [0.25, 0.3) is 0 Å². The lowest BCUT2D eigenvalue weighted by molar-refractivity contribution is 0.0655. The van der Waals surface area contributed by atoms with Crippen molar-refractivity contribution in [3.05, 3.63) is 52.1 Å². The highest BCUT2D eigenvalue weighted by atomic mass is 79.9. The third kappa shape index (κ3) is 2.51. The van der Waals surface area contributed by atoms with Gasteiger partial charge in [0.1, 0.15) is 11.9 Å². The molecule has 20 heavy (non-hydrogen) atoms. The van der Waals surface area contributed by atoms with E-state index in [-0.39, 0.29) is 6.10 Å². The second-order valence-electron chi connectivity index (χ2n) is 4.67. The number of hydrogen-bond acceptors (Lipinski definition) is 4. The predicted octanol–water partition coefficient (Wildman–Crippen LogP) is 3.41. The van der Waals surface area contributed by atoms with Crippen molar-refractivity contribution in [1.82, 2.24) is 4.98 Å². The number of ether oxygens (including phenoxy) is 2. The van der Waals surface area contributed by atoms with E-state index in [1.165, 1.54) is 0 Å². The molecule has 0 aliphatic carbocycles. The maximum absolute atomic E-state index is 10.2. The molecule has 1 N–H and O–H groups in total. The Labute approximate surface area is 125 Å². The lowest BCUT2D eigenvalue weighted by Crippen LogP contribution is -2.19. The van der Waals surface area contributed by atoms with E-state index in [2.05, 4.69) is 20.9 Å². The van der Waals surface area contributed by atoms with Crippen molar-refractivity contribution in [2.45, 2.75) is 18.6 Å². The van der Waals surface area contributed by atoms with Gasteiger partial charge < -0.3 is 14.6 Å². The van der Waals surface area contributed by atoms with Gasteiger partial charge in [-0.3, -0.25) is 0 Å². The van der Waals surface area contributed by atoms with Crippen LogP contribution in [0, 0.1) is 0 Å². The Morgan fingerprint density at radius 2 is 2.20 bits per heavy atom. The van der Waals surface area contributed by atoms with E-state index in [0.717, 1.165) is 15.6 Å². The molecule has 0 saturated carbocycles. The van der Waals surface area contributed by atoms with Crippen molar-refractivity contribution < 1.29 is 14.6 Å². The monoisotopic (exact) mass is 335 g/mol. The van der Waals surface area contributed by atoms with Crippen molar-refractivity contribution in [3.8, 4) is 11.6 Å². The molecule has 2 aromatic rings. The van der Waals surface area contributed by atoms with Gasteiger partial charge in [0.2, 0.25) is 5.88 Å². The van der Waals surface area contributed by atoms with Crippen molar-refractivity contribution >= 4 is 15.9 Å². The Morgan fingerprint density at radius 3 is 2.90 bits per heavy atom. The number of aliphatic hydroxyl groups excluding tert-OH is 1. The number of hydrogen-bond donors (Lipinski definition) is 1. The highest BCUT2D eigenvalue weighted by Crippen LogP contribution is 2.41. The van der Waals surface area contributed by atoms with Gasteiger partial charge in [-0.05, 0) is 18.2 Å². The first kappa shape index (κ1) is 13.4. The van der Waals surface area contributed by atoms with Crippen LogP contribution in [0.5, 0.6) is 11.6 Å². The Morgan fingerprint density at radius 1 is 1.35 bits per heavy atom. The third-order valence-electron chi connectivity index (χ3n) is 3.38. The van der Waals surface area contributed by atoms with Gasteiger partial charge >= 0.3 is 0 Å². The Balaban J connectivity index is 1.89. The maximum Gasteiger partial charge on any atom is 0.212 e. The Hall–Kier alpha value is -1.59. The number of halogens is 1. The smallest absolute Gasteiger partial charge is 0.212 e. The highest BCUT2D eigenvalue weighted by molar-refractivity contribution is 9.10. The third-order valence-corrected chi connectivity index (χ3v) is 3.87. The number of pyridine rings is 1. The summed E-state index contributed by atoms with van der Waals surface area (Å²) in [5.74, 6) is 1.27. The molecule has 2 heterocycles. The van der Waals surface area contributed by atoms with E-state index in [9.17, 15) is 5.11 Å². The molecule has 2 atom stereocenters. The quantitative estimate of drug-likeness (QED) is 0.913. The number of rotatable bonds is 2. The van der Waals surface area contributed by atoms with Crippen LogP contribution in [-0.4, -0.2) is 17.2 Å². The summed E-state index contributed by atoms with van der Waals surface area (Å²) in [6.07, 6.45) is 1.51. The van der Waals surface area contributed by atoms with Gasteiger partial charge in [0.25, 0.3) is 0 Å². The zero-order valence-electron chi connectivity index (χ0n) is 10.9. The van der Waals surface area contributed by atoms with Crippen molar-refractivity contribution in [1.29, 1.82) is 0 Å². The molecule has 3 rings (SSSR count). The summed E-state index contributed by atoms with van der Waals surface area (Å²) in [7, 11) is 1.58. The van der Waals surface area contributed by atoms with Crippen LogP contribution in [0.15, 0.2) is 41.0 Å². The molecule has 0 bridgehead atoms. The molecule has 0 amide bonds. The molecule has 5 heteroatoms. The molecule has 1 aromatic carbocycles. The fourth-order valence-electron chi connectivity index (χ4n) is 2.32. The fourth-order valence-corrected chi connectivity index (χ4v) is 2.66. The van der Waals surface area contributed by atoms with Crippen LogP contribution >= 0.6 is 15.9 Å². The van der Waals surface area contributed by atoms with Gasteiger partial charge in [-0.2, -0.15) is 0 Å². The second-order valence-corrected chi connectivity index (χ2v) is 5.59. The van der Waals surface area contributed by atoms with E-state index < -0.39 is 6.10 Å². The average molecular weight is 336 g/mol. The molecule has 1 unspecified atom stereocenters. The van der Waals surface area contributed by atoms with Crippen LogP contribution in [0.1, 0.15) is 29.8 Å². The number of aliphatic hydroxyl groups is 1. The predicted molar refractivity (Wildman–Crippen MR) is 77.9 cm³/mol. The number of fused-ring (bicyclic) bond motifs is 1. The zero-order valence-corrected chi connectivity index (χ0v) is 12.5. The molecular weight excluding hydrogens is 322 g/mol. The first-order chi connectivity index (χ1) is 9.67. The minimum atomic E-state index is -0.529. The van der Waals surface area contributed by atoms with Crippen molar-refractivity contribution in [2.24, 2.45) is 0 Å².